The Labute approximate surface area is 125 Å². The quantitative estimate of drug-likeness (QED) is 0.910. The minimum Gasteiger partial charge on any atom is -0.494 e. The summed E-state index contributed by atoms with van der Waals surface area (Å²) in [5, 5.41) is 3.44. The van der Waals surface area contributed by atoms with Crippen molar-refractivity contribution in [2.75, 3.05) is 7.11 Å². The number of halogens is 1. The van der Waals surface area contributed by atoms with Gasteiger partial charge in [0.15, 0.2) is 11.6 Å². The molecule has 0 amide bonds. The van der Waals surface area contributed by atoms with E-state index in [0.29, 0.717) is 0 Å². The highest BCUT2D eigenvalue weighted by Gasteiger charge is 2.11. The largest absolute Gasteiger partial charge is 0.494 e. The summed E-state index contributed by atoms with van der Waals surface area (Å²) >= 11 is 0. The van der Waals surface area contributed by atoms with Gasteiger partial charge in [-0.05, 0) is 50.1 Å². The van der Waals surface area contributed by atoms with Crippen molar-refractivity contribution in [2.24, 2.45) is 7.05 Å². The minimum atomic E-state index is -0.324. The molecule has 4 heteroatoms. The van der Waals surface area contributed by atoms with E-state index >= 15 is 0 Å². The highest BCUT2D eigenvalue weighted by atomic mass is 19.1. The normalized spacial score (nSPS) is 12.5. The second kappa shape index (κ2) is 6.31. The molecular formula is C17H23FN2O. The summed E-state index contributed by atoms with van der Waals surface area (Å²) in [7, 11) is 3.54. The van der Waals surface area contributed by atoms with Crippen molar-refractivity contribution in [3.05, 3.63) is 52.6 Å². The van der Waals surface area contributed by atoms with Crippen LogP contribution in [0, 0.1) is 19.7 Å². The fraction of sp³-hybridized carbons (Fsp3) is 0.412. The first-order chi connectivity index (χ1) is 9.93. The smallest absolute Gasteiger partial charge is 0.165 e. The van der Waals surface area contributed by atoms with Gasteiger partial charge in [0, 0.05) is 31.0 Å². The number of benzene rings is 1. The van der Waals surface area contributed by atoms with Gasteiger partial charge in [0.2, 0.25) is 0 Å². The highest BCUT2D eigenvalue weighted by Crippen LogP contribution is 2.22. The summed E-state index contributed by atoms with van der Waals surface area (Å²) in [5.41, 5.74) is 4.69. The number of aryl methyl sites for hydroxylation is 1. The Morgan fingerprint density at radius 3 is 2.52 bits per heavy atom. The zero-order valence-electron chi connectivity index (χ0n) is 13.3. The van der Waals surface area contributed by atoms with Crippen LogP contribution in [0.4, 0.5) is 4.39 Å². The van der Waals surface area contributed by atoms with Crippen LogP contribution in [0.3, 0.4) is 0 Å². The van der Waals surface area contributed by atoms with Crippen LogP contribution in [-0.4, -0.2) is 11.7 Å². The molecule has 0 fully saturated rings. The molecule has 2 rings (SSSR count). The lowest BCUT2D eigenvalue weighted by Crippen LogP contribution is -2.18. The van der Waals surface area contributed by atoms with Crippen molar-refractivity contribution in [3.8, 4) is 5.75 Å². The number of rotatable bonds is 5. The van der Waals surface area contributed by atoms with Crippen LogP contribution in [0.2, 0.25) is 0 Å². The number of hydrogen-bond donors (Lipinski definition) is 1. The molecule has 1 heterocycles. The second-order valence-corrected chi connectivity index (χ2v) is 5.45. The lowest BCUT2D eigenvalue weighted by atomic mass is 10.1. The molecule has 0 bridgehead atoms. The SMILES string of the molecule is COc1ccc(C(C)NCc2cc(C)n(C)c2C)cc1F. The molecule has 1 aromatic heterocycles. The Bertz CT molecular complexity index is 634. The van der Waals surface area contributed by atoms with Gasteiger partial charge in [-0.25, -0.2) is 4.39 Å². The summed E-state index contributed by atoms with van der Waals surface area (Å²) in [6.07, 6.45) is 0. The molecule has 0 spiro atoms. The molecule has 0 aliphatic rings. The Morgan fingerprint density at radius 2 is 2.00 bits per heavy atom. The van der Waals surface area contributed by atoms with E-state index < -0.39 is 0 Å². The third-order valence-electron chi connectivity index (χ3n) is 4.15. The predicted molar refractivity (Wildman–Crippen MR) is 83.1 cm³/mol. The van der Waals surface area contributed by atoms with E-state index in [-0.39, 0.29) is 17.6 Å². The summed E-state index contributed by atoms with van der Waals surface area (Å²) < 4.78 is 20.9. The lowest BCUT2D eigenvalue weighted by Gasteiger charge is -2.15. The fourth-order valence-electron chi connectivity index (χ4n) is 2.45. The molecule has 1 unspecified atom stereocenters. The molecule has 3 nitrogen and oxygen atoms in total. The van der Waals surface area contributed by atoms with Gasteiger partial charge in [0.05, 0.1) is 7.11 Å². The highest BCUT2D eigenvalue weighted by molar-refractivity contribution is 5.31. The first-order valence-electron chi connectivity index (χ1n) is 7.12. The molecule has 1 N–H and O–H groups in total. The Morgan fingerprint density at radius 1 is 1.29 bits per heavy atom. The molecule has 0 saturated carbocycles. The van der Waals surface area contributed by atoms with Gasteiger partial charge in [0.1, 0.15) is 0 Å². The number of ether oxygens (including phenoxy) is 1. The van der Waals surface area contributed by atoms with Crippen molar-refractivity contribution in [1.29, 1.82) is 0 Å². The Kier molecular flexibility index (Phi) is 4.68. The third kappa shape index (κ3) is 3.27. The summed E-state index contributed by atoms with van der Waals surface area (Å²) in [4.78, 5) is 0. The van der Waals surface area contributed by atoms with Gasteiger partial charge in [-0.15, -0.1) is 0 Å². The van der Waals surface area contributed by atoms with E-state index in [2.05, 4.69) is 36.8 Å². The molecule has 2 aromatic rings. The molecule has 21 heavy (non-hydrogen) atoms. The molecule has 1 atom stereocenters. The van der Waals surface area contributed by atoms with Crippen molar-refractivity contribution >= 4 is 0 Å². The van der Waals surface area contributed by atoms with Crippen LogP contribution in [-0.2, 0) is 13.6 Å². The number of nitrogens with zero attached hydrogens (tertiary/aromatic N) is 1. The van der Waals surface area contributed by atoms with E-state index in [4.69, 9.17) is 4.74 Å². The van der Waals surface area contributed by atoms with E-state index in [1.165, 1.54) is 30.1 Å². The second-order valence-electron chi connectivity index (χ2n) is 5.45. The average Bonchev–Trinajstić information content (AvgIpc) is 2.72. The number of methoxy groups -OCH3 is 1. The maximum Gasteiger partial charge on any atom is 0.165 e. The van der Waals surface area contributed by atoms with Crippen LogP contribution in [0.1, 0.15) is 35.5 Å². The minimum absolute atomic E-state index is 0.0744. The number of nitrogens with one attached hydrogen (secondary N) is 1. The van der Waals surface area contributed by atoms with Crippen LogP contribution >= 0.6 is 0 Å². The molecular weight excluding hydrogens is 267 g/mol. The first kappa shape index (κ1) is 15.6. The van der Waals surface area contributed by atoms with Crippen LogP contribution < -0.4 is 10.1 Å². The average molecular weight is 290 g/mol. The molecule has 114 valence electrons. The molecule has 0 aliphatic heterocycles. The predicted octanol–water partition coefficient (Wildman–Crippen LogP) is 3.64. The van der Waals surface area contributed by atoms with Gasteiger partial charge in [0.25, 0.3) is 0 Å². The fourth-order valence-corrected chi connectivity index (χ4v) is 2.45. The summed E-state index contributed by atoms with van der Waals surface area (Å²) in [6, 6.07) is 7.34. The summed E-state index contributed by atoms with van der Waals surface area (Å²) in [5.74, 6) is -0.0455. The molecule has 0 saturated heterocycles. The summed E-state index contributed by atoms with van der Waals surface area (Å²) in [6.45, 7) is 7.01. The molecule has 0 radical (unpaired) electrons. The standard InChI is InChI=1S/C17H23FN2O/c1-11-8-15(13(3)20(11)4)10-19-12(2)14-6-7-17(21-5)16(18)9-14/h6-9,12,19H,10H2,1-5H3. The van der Waals surface area contributed by atoms with Crippen LogP contribution in [0.15, 0.2) is 24.3 Å². The van der Waals surface area contributed by atoms with E-state index in [1.54, 1.807) is 6.07 Å². The van der Waals surface area contributed by atoms with Gasteiger partial charge in [-0.2, -0.15) is 0 Å². The zero-order chi connectivity index (χ0) is 15.6. The van der Waals surface area contributed by atoms with Crippen molar-refractivity contribution in [2.45, 2.75) is 33.4 Å². The van der Waals surface area contributed by atoms with Gasteiger partial charge < -0.3 is 14.6 Å². The number of hydrogen-bond acceptors (Lipinski definition) is 2. The van der Waals surface area contributed by atoms with E-state index in [1.807, 2.05) is 13.0 Å². The Balaban J connectivity index is 2.06. The maximum absolute atomic E-state index is 13.7. The van der Waals surface area contributed by atoms with Crippen molar-refractivity contribution in [1.82, 2.24) is 9.88 Å². The molecule has 1 aromatic carbocycles. The Hall–Kier alpha value is -1.81. The lowest BCUT2D eigenvalue weighted by molar-refractivity contribution is 0.385. The monoisotopic (exact) mass is 290 g/mol. The zero-order valence-corrected chi connectivity index (χ0v) is 13.3. The maximum atomic E-state index is 13.7. The van der Waals surface area contributed by atoms with Gasteiger partial charge in [-0.1, -0.05) is 6.07 Å². The van der Waals surface area contributed by atoms with E-state index in [0.717, 1.165) is 12.1 Å². The third-order valence-corrected chi connectivity index (χ3v) is 4.15. The first-order valence-corrected chi connectivity index (χ1v) is 7.12. The molecule has 0 aliphatic carbocycles. The van der Waals surface area contributed by atoms with Crippen LogP contribution in [0.25, 0.3) is 0 Å². The van der Waals surface area contributed by atoms with Crippen molar-refractivity contribution in [3.63, 3.8) is 0 Å². The van der Waals surface area contributed by atoms with Crippen molar-refractivity contribution < 1.29 is 9.13 Å². The number of aromatic nitrogens is 1. The van der Waals surface area contributed by atoms with E-state index in [9.17, 15) is 4.39 Å². The topological polar surface area (TPSA) is 26.2 Å². The van der Waals surface area contributed by atoms with Gasteiger partial charge in [-0.3, -0.25) is 0 Å². The van der Waals surface area contributed by atoms with Gasteiger partial charge >= 0.3 is 0 Å². The van der Waals surface area contributed by atoms with Crippen LogP contribution in [0.5, 0.6) is 5.75 Å².